The molecule has 0 amide bonds. The van der Waals surface area contributed by atoms with Gasteiger partial charge in [0.15, 0.2) is 5.76 Å². The zero-order valence-corrected chi connectivity index (χ0v) is 12.9. The van der Waals surface area contributed by atoms with Gasteiger partial charge in [0.2, 0.25) is 0 Å². The van der Waals surface area contributed by atoms with Gasteiger partial charge in [-0.3, -0.25) is 0 Å². The predicted molar refractivity (Wildman–Crippen MR) is 91.7 cm³/mol. The minimum Gasteiger partial charge on any atom is -0.463 e. The number of aromatic nitrogens is 2. The van der Waals surface area contributed by atoms with Crippen molar-refractivity contribution in [1.82, 2.24) is 9.78 Å². The molecule has 0 saturated carbocycles. The molecule has 3 nitrogen and oxygen atoms in total. The Kier molecular flexibility index (Phi) is 3.48. The van der Waals surface area contributed by atoms with Crippen LogP contribution in [0.2, 0.25) is 5.02 Å². The summed E-state index contributed by atoms with van der Waals surface area (Å²) in [6.07, 6.45) is 1.65. The Labute approximate surface area is 138 Å². The highest BCUT2D eigenvalue weighted by molar-refractivity contribution is 6.30. The summed E-state index contributed by atoms with van der Waals surface area (Å²) in [5, 5.41) is 5.43. The van der Waals surface area contributed by atoms with Crippen LogP contribution in [0.25, 0.3) is 28.4 Å². The van der Waals surface area contributed by atoms with Crippen LogP contribution in [0.3, 0.4) is 0 Å². The average molecular weight is 321 g/mol. The predicted octanol–water partition coefficient (Wildman–Crippen LogP) is 5.45. The Bertz CT molecular complexity index is 910. The largest absolute Gasteiger partial charge is 0.463 e. The van der Waals surface area contributed by atoms with E-state index in [1.165, 1.54) is 0 Å². The highest BCUT2D eigenvalue weighted by Crippen LogP contribution is 2.29. The molecule has 2 heterocycles. The van der Waals surface area contributed by atoms with E-state index >= 15 is 0 Å². The van der Waals surface area contributed by atoms with Gasteiger partial charge < -0.3 is 4.42 Å². The van der Waals surface area contributed by atoms with Crippen molar-refractivity contribution in [2.24, 2.45) is 0 Å². The smallest absolute Gasteiger partial charge is 0.154 e. The van der Waals surface area contributed by atoms with Crippen molar-refractivity contribution in [2.45, 2.75) is 0 Å². The Hall–Kier alpha value is -2.78. The first-order valence-electron chi connectivity index (χ1n) is 7.26. The second-order valence-electron chi connectivity index (χ2n) is 5.15. The maximum atomic E-state index is 6.00. The van der Waals surface area contributed by atoms with E-state index in [4.69, 9.17) is 21.1 Å². The SMILES string of the molecule is Clc1ccc(-c2cc(-c3ccco3)nn2-c2ccccc2)cc1. The molecule has 0 N–H and O–H groups in total. The zero-order chi connectivity index (χ0) is 15.6. The standard InChI is InChI=1S/C19H13ClN2O/c20-15-10-8-14(9-11-15)18-13-17(19-7-4-12-23-19)21-22(18)16-5-2-1-3-6-16/h1-13H. The lowest BCUT2D eigenvalue weighted by Crippen LogP contribution is -1.98. The lowest BCUT2D eigenvalue weighted by atomic mass is 10.1. The average Bonchev–Trinajstić information content (AvgIpc) is 3.26. The molecule has 0 radical (unpaired) electrons. The third-order valence-electron chi connectivity index (χ3n) is 3.62. The zero-order valence-electron chi connectivity index (χ0n) is 12.2. The summed E-state index contributed by atoms with van der Waals surface area (Å²) in [5.41, 5.74) is 3.82. The number of rotatable bonds is 3. The van der Waals surface area contributed by atoms with Crippen molar-refractivity contribution in [3.05, 3.63) is 84.1 Å². The monoisotopic (exact) mass is 320 g/mol. The van der Waals surface area contributed by atoms with Crippen LogP contribution in [0.1, 0.15) is 0 Å². The van der Waals surface area contributed by atoms with Crippen molar-refractivity contribution in [1.29, 1.82) is 0 Å². The molecule has 0 fully saturated rings. The van der Waals surface area contributed by atoms with E-state index in [9.17, 15) is 0 Å². The van der Waals surface area contributed by atoms with Crippen LogP contribution in [0.15, 0.2) is 83.5 Å². The van der Waals surface area contributed by atoms with Crippen molar-refractivity contribution in [2.75, 3.05) is 0 Å². The van der Waals surface area contributed by atoms with Gasteiger partial charge in [0, 0.05) is 10.6 Å². The van der Waals surface area contributed by atoms with E-state index in [2.05, 4.69) is 0 Å². The third kappa shape index (κ3) is 2.67. The molecular weight excluding hydrogens is 308 g/mol. The Morgan fingerprint density at radius 2 is 1.65 bits per heavy atom. The molecule has 0 aliphatic rings. The molecule has 0 spiro atoms. The van der Waals surface area contributed by atoms with Crippen LogP contribution in [-0.2, 0) is 0 Å². The summed E-state index contributed by atoms with van der Waals surface area (Å²) in [7, 11) is 0. The first-order chi connectivity index (χ1) is 11.3. The van der Waals surface area contributed by atoms with E-state index in [0.29, 0.717) is 5.02 Å². The Morgan fingerprint density at radius 3 is 2.35 bits per heavy atom. The van der Waals surface area contributed by atoms with E-state index in [0.717, 1.165) is 28.4 Å². The highest BCUT2D eigenvalue weighted by atomic mass is 35.5. The Morgan fingerprint density at radius 1 is 0.870 bits per heavy atom. The van der Waals surface area contributed by atoms with Crippen molar-refractivity contribution >= 4 is 11.6 Å². The highest BCUT2D eigenvalue weighted by Gasteiger charge is 2.14. The fraction of sp³-hybridized carbons (Fsp3) is 0. The van der Waals surface area contributed by atoms with Gasteiger partial charge in [0.1, 0.15) is 5.69 Å². The van der Waals surface area contributed by atoms with E-state index in [-0.39, 0.29) is 0 Å². The summed E-state index contributed by atoms with van der Waals surface area (Å²) in [4.78, 5) is 0. The molecule has 0 unspecified atom stereocenters. The molecule has 23 heavy (non-hydrogen) atoms. The van der Waals surface area contributed by atoms with Gasteiger partial charge in [0.05, 0.1) is 17.6 Å². The van der Waals surface area contributed by atoms with Gasteiger partial charge >= 0.3 is 0 Å². The molecule has 0 saturated heterocycles. The first kappa shape index (κ1) is 13.9. The van der Waals surface area contributed by atoms with Crippen LogP contribution in [0.4, 0.5) is 0 Å². The van der Waals surface area contributed by atoms with Crippen LogP contribution >= 0.6 is 11.6 Å². The number of halogens is 1. The number of para-hydroxylation sites is 1. The molecule has 2 aromatic heterocycles. The number of hydrogen-bond donors (Lipinski definition) is 0. The summed E-state index contributed by atoms with van der Waals surface area (Å²) >= 11 is 6.00. The molecule has 4 heteroatoms. The summed E-state index contributed by atoms with van der Waals surface area (Å²) in [6, 6.07) is 23.6. The van der Waals surface area contributed by atoms with Crippen LogP contribution < -0.4 is 0 Å². The summed E-state index contributed by atoms with van der Waals surface area (Å²) in [6.45, 7) is 0. The third-order valence-corrected chi connectivity index (χ3v) is 3.88. The molecule has 2 aromatic carbocycles. The minimum atomic E-state index is 0.714. The fourth-order valence-electron chi connectivity index (χ4n) is 2.52. The Balaban J connectivity index is 1.90. The summed E-state index contributed by atoms with van der Waals surface area (Å²) in [5.74, 6) is 0.745. The molecule has 4 aromatic rings. The van der Waals surface area contributed by atoms with Gasteiger partial charge in [-0.1, -0.05) is 41.9 Å². The normalized spacial score (nSPS) is 10.8. The lowest BCUT2D eigenvalue weighted by Gasteiger charge is -2.07. The van der Waals surface area contributed by atoms with Crippen LogP contribution in [-0.4, -0.2) is 9.78 Å². The van der Waals surface area contributed by atoms with E-state index in [1.54, 1.807) is 6.26 Å². The van der Waals surface area contributed by atoms with Gasteiger partial charge in [-0.15, -0.1) is 0 Å². The molecular formula is C19H13ClN2O. The molecule has 0 bridgehead atoms. The molecule has 112 valence electrons. The molecule has 0 aliphatic carbocycles. The van der Waals surface area contributed by atoms with Crippen molar-refractivity contribution in [3.8, 4) is 28.4 Å². The maximum absolute atomic E-state index is 6.00. The van der Waals surface area contributed by atoms with E-state index < -0.39 is 0 Å². The van der Waals surface area contributed by atoms with E-state index in [1.807, 2.05) is 77.5 Å². The molecule has 0 atom stereocenters. The molecule has 4 rings (SSSR count). The fourth-order valence-corrected chi connectivity index (χ4v) is 2.64. The van der Waals surface area contributed by atoms with Gasteiger partial charge in [-0.2, -0.15) is 5.10 Å². The second kappa shape index (κ2) is 5.78. The van der Waals surface area contributed by atoms with Crippen molar-refractivity contribution in [3.63, 3.8) is 0 Å². The number of nitrogens with zero attached hydrogens (tertiary/aromatic N) is 2. The lowest BCUT2D eigenvalue weighted by molar-refractivity contribution is 0.579. The number of furan rings is 1. The molecule has 0 aliphatic heterocycles. The maximum Gasteiger partial charge on any atom is 0.154 e. The summed E-state index contributed by atoms with van der Waals surface area (Å²) < 4.78 is 7.40. The van der Waals surface area contributed by atoms with Crippen LogP contribution in [0, 0.1) is 0 Å². The number of hydrogen-bond acceptors (Lipinski definition) is 2. The minimum absolute atomic E-state index is 0.714. The van der Waals surface area contributed by atoms with Gasteiger partial charge in [-0.25, -0.2) is 4.68 Å². The first-order valence-corrected chi connectivity index (χ1v) is 7.64. The quantitative estimate of drug-likeness (QED) is 0.502. The number of benzene rings is 2. The van der Waals surface area contributed by atoms with Gasteiger partial charge in [0.25, 0.3) is 0 Å². The van der Waals surface area contributed by atoms with Crippen LogP contribution in [0.5, 0.6) is 0 Å². The second-order valence-corrected chi connectivity index (χ2v) is 5.58. The topological polar surface area (TPSA) is 31.0 Å². The van der Waals surface area contributed by atoms with Crippen molar-refractivity contribution < 1.29 is 4.42 Å². The van der Waals surface area contributed by atoms with Gasteiger partial charge in [-0.05, 0) is 42.5 Å².